The van der Waals surface area contributed by atoms with E-state index >= 15 is 0 Å². The van der Waals surface area contributed by atoms with Gasteiger partial charge in [-0.2, -0.15) is 4.98 Å². The molecule has 102 valence electrons. The summed E-state index contributed by atoms with van der Waals surface area (Å²) in [4.78, 5) is 4.07. The minimum Gasteiger partial charge on any atom is -0.459 e. The third-order valence-corrected chi connectivity index (χ3v) is 3.23. The van der Waals surface area contributed by atoms with E-state index in [4.69, 9.17) is 4.74 Å². The normalized spacial score (nSPS) is 14.4. The molecule has 1 unspecified atom stereocenters. The fourth-order valence-corrected chi connectivity index (χ4v) is 1.40. The molecule has 1 heterocycles. The van der Waals surface area contributed by atoms with Gasteiger partial charge in [0, 0.05) is 0 Å². The number of para-hydroxylation sites is 1. The first-order valence-corrected chi connectivity index (χ1v) is 6.31. The van der Waals surface area contributed by atoms with Crippen molar-refractivity contribution in [2.75, 3.05) is 6.61 Å². The van der Waals surface area contributed by atoms with E-state index in [1.54, 1.807) is 17.9 Å². The summed E-state index contributed by atoms with van der Waals surface area (Å²) in [6.07, 6.45) is 1.59. The lowest BCUT2D eigenvalue weighted by Crippen LogP contribution is -2.38. The Bertz CT molecular complexity index is 520. The zero-order valence-electron chi connectivity index (χ0n) is 11.4. The van der Waals surface area contributed by atoms with Crippen molar-refractivity contribution in [3.05, 3.63) is 36.7 Å². The van der Waals surface area contributed by atoms with E-state index in [2.05, 4.69) is 10.1 Å². The predicted molar refractivity (Wildman–Crippen MR) is 72.3 cm³/mol. The Hall–Kier alpha value is -1.88. The SMILES string of the molecule is CC(C)C(C)(O)COc1ncn(-c2ccccc2)n1. The van der Waals surface area contributed by atoms with Crippen LogP contribution in [0.3, 0.4) is 0 Å². The Labute approximate surface area is 112 Å². The second-order valence-corrected chi connectivity index (χ2v) is 5.11. The first-order chi connectivity index (χ1) is 8.99. The lowest BCUT2D eigenvalue weighted by molar-refractivity contribution is -0.0290. The highest BCUT2D eigenvalue weighted by Gasteiger charge is 2.26. The van der Waals surface area contributed by atoms with Crippen molar-refractivity contribution in [1.29, 1.82) is 0 Å². The van der Waals surface area contributed by atoms with Gasteiger partial charge in [0.05, 0.1) is 11.3 Å². The molecule has 0 saturated heterocycles. The van der Waals surface area contributed by atoms with Crippen LogP contribution >= 0.6 is 0 Å². The molecule has 0 aliphatic rings. The summed E-state index contributed by atoms with van der Waals surface area (Å²) in [6, 6.07) is 9.94. The topological polar surface area (TPSA) is 60.2 Å². The van der Waals surface area contributed by atoms with Crippen LogP contribution in [0.1, 0.15) is 20.8 Å². The molecule has 0 spiro atoms. The van der Waals surface area contributed by atoms with Gasteiger partial charge in [0.2, 0.25) is 0 Å². The highest BCUT2D eigenvalue weighted by Crippen LogP contribution is 2.17. The van der Waals surface area contributed by atoms with Crippen molar-refractivity contribution >= 4 is 0 Å². The molecule has 2 rings (SSSR count). The van der Waals surface area contributed by atoms with Crippen LogP contribution in [0.25, 0.3) is 5.69 Å². The van der Waals surface area contributed by atoms with Gasteiger partial charge in [-0.25, -0.2) is 4.68 Å². The molecule has 0 amide bonds. The van der Waals surface area contributed by atoms with Crippen LogP contribution in [0.15, 0.2) is 36.7 Å². The van der Waals surface area contributed by atoms with Gasteiger partial charge in [-0.1, -0.05) is 32.0 Å². The van der Waals surface area contributed by atoms with Crippen molar-refractivity contribution in [1.82, 2.24) is 14.8 Å². The molecule has 1 atom stereocenters. The standard InChI is InChI=1S/C14H19N3O2/c1-11(2)14(3,18)9-19-13-15-10-17(16-13)12-7-5-4-6-8-12/h4-8,10-11,18H,9H2,1-3H3. The molecule has 1 aromatic heterocycles. The van der Waals surface area contributed by atoms with Gasteiger partial charge >= 0.3 is 6.01 Å². The van der Waals surface area contributed by atoms with Crippen molar-refractivity contribution in [3.8, 4) is 11.7 Å². The van der Waals surface area contributed by atoms with Gasteiger partial charge in [0.15, 0.2) is 0 Å². The van der Waals surface area contributed by atoms with Crippen LogP contribution < -0.4 is 4.74 Å². The Morgan fingerprint density at radius 3 is 2.63 bits per heavy atom. The summed E-state index contributed by atoms with van der Waals surface area (Å²) in [5, 5.41) is 14.3. The summed E-state index contributed by atoms with van der Waals surface area (Å²) in [5.41, 5.74) is 0.0264. The Balaban J connectivity index is 2.03. The highest BCUT2D eigenvalue weighted by molar-refractivity contribution is 5.29. The summed E-state index contributed by atoms with van der Waals surface area (Å²) in [5.74, 6) is 0.101. The molecular weight excluding hydrogens is 242 g/mol. The third-order valence-electron chi connectivity index (χ3n) is 3.23. The molecule has 0 saturated carbocycles. The summed E-state index contributed by atoms with van der Waals surface area (Å²) in [7, 11) is 0. The van der Waals surface area contributed by atoms with Crippen LogP contribution in [-0.2, 0) is 0 Å². The quantitative estimate of drug-likeness (QED) is 0.895. The molecule has 2 aromatic rings. The molecule has 0 radical (unpaired) electrons. The maximum absolute atomic E-state index is 10.1. The molecule has 1 N–H and O–H groups in total. The van der Waals surface area contributed by atoms with Gasteiger partial charge in [-0.3, -0.25) is 0 Å². The van der Waals surface area contributed by atoms with Gasteiger partial charge in [0.1, 0.15) is 12.9 Å². The van der Waals surface area contributed by atoms with Crippen molar-refractivity contribution < 1.29 is 9.84 Å². The summed E-state index contributed by atoms with van der Waals surface area (Å²) in [6.45, 7) is 5.80. The second kappa shape index (κ2) is 5.40. The average Bonchev–Trinajstić information content (AvgIpc) is 2.86. The van der Waals surface area contributed by atoms with Crippen molar-refractivity contribution in [2.45, 2.75) is 26.4 Å². The van der Waals surface area contributed by atoms with Gasteiger partial charge in [-0.15, -0.1) is 5.10 Å². The van der Waals surface area contributed by atoms with Crippen LogP contribution in [0.4, 0.5) is 0 Å². The zero-order chi connectivity index (χ0) is 13.9. The van der Waals surface area contributed by atoms with Crippen LogP contribution in [-0.4, -0.2) is 32.1 Å². The Morgan fingerprint density at radius 1 is 1.32 bits per heavy atom. The maximum atomic E-state index is 10.1. The fraction of sp³-hybridized carbons (Fsp3) is 0.429. The van der Waals surface area contributed by atoms with Crippen molar-refractivity contribution in [2.24, 2.45) is 5.92 Å². The third kappa shape index (κ3) is 3.32. The monoisotopic (exact) mass is 261 g/mol. The summed E-state index contributed by atoms with van der Waals surface area (Å²) >= 11 is 0. The van der Waals surface area contributed by atoms with Gasteiger partial charge in [0.25, 0.3) is 0 Å². The highest BCUT2D eigenvalue weighted by atomic mass is 16.5. The number of nitrogens with zero attached hydrogens (tertiary/aromatic N) is 3. The Morgan fingerprint density at radius 2 is 2.00 bits per heavy atom. The number of rotatable bonds is 5. The number of benzene rings is 1. The largest absolute Gasteiger partial charge is 0.459 e. The van der Waals surface area contributed by atoms with E-state index in [-0.39, 0.29) is 18.5 Å². The molecule has 0 fully saturated rings. The number of aromatic nitrogens is 3. The fourth-order valence-electron chi connectivity index (χ4n) is 1.40. The number of hydrogen-bond acceptors (Lipinski definition) is 4. The van der Waals surface area contributed by atoms with E-state index in [0.29, 0.717) is 0 Å². The van der Waals surface area contributed by atoms with Gasteiger partial charge in [-0.05, 0) is 25.0 Å². The maximum Gasteiger partial charge on any atom is 0.335 e. The second-order valence-electron chi connectivity index (χ2n) is 5.11. The van der Waals surface area contributed by atoms with E-state index in [1.807, 2.05) is 44.2 Å². The van der Waals surface area contributed by atoms with E-state index < -0.39 is 5.60 Å². The van der Waals surface area contributed by atoms with Crippen molar-refractivity contribution in [3.63, 3.8) is 0 Å². The first-order valence-electron chi connectivity index (χ1n) is 6.31. The lowest BCUT2D eigenvalue weighted by atomic mass is 9.94. The minimum atomic E-state index is -0.891. The predicted octanol–water partition coefficient (Wildman–Crippen LogP) is 2.05. The van der Waals surface area contributed by atoms with Gasteiger partial charge < -0.3 is 9.84 Å². The minimum absolute atomic E-state index is 0.101. The lowest BCUT2D eigenvalue weighted by Gasteiger charge is -2.26. The molecule has 0 aliphatic carbocycles. The summed E-state index contributed by atoms with van der Waals surface area (Å²) < 4.78 is 7.08. The molecular formula is C14H19N3O2. The van der Waals surface area contributed by atoms with E-state index in [1.165, 1.54) is 0 Å². The number of aliphatic hydroxyl groups is 1. The van der Waals surface area contributed by atoms with Crippen LogP contribution in [0, 0.1) is 5.92 Å². The molecule has 0 aliphatic heterocycles. The smallest absolute Gasteiger partial charge is 0.335 e. The molecule has 5 nitrogen and oxygen atoms in total. The van der Waals surface area contributed by atoms with Crippen LogP contribution in [0.5, 0.6) is 6.01 Å². The Kier molecular flexibility index (Phi) is 3.85. The average molecular weight is 261 g/mol. The first kappa shape index (κ1) is 13.5. The zero-order valence-corrected chi connectivity index (χ0v) is 11.4. The molecule has 5 heteroatoms. The van der Waals surface area contributed by atoms with E-state index in [9.17, 15) is 5.11 Å². The molecule has 0 bridgehead atoms. The number of hydrogen-bond donors (Lipinski definition) is 1. The number of ether oxygens (including phenoxy) is 1. The molecule has 19 heavy (non-hydrogen) atoms. The molecule has 1 aromatic carbocycles. The van der Waals surface area contributed by atoms with E-state index in [0.717, 1.165) is 5.69 Å². The van der Waals surface area contributed by atoms with Crippen LogP contribution in [0.2, 0.25) is 0 Å².